The Kier molecular flexibility index (Phi) is 5.14. The fraction of sp³-hybridized carbons (Fsp3) is 0.250. The Morgan fingerprint density at radius 1 is 1.19 bits per heavy atom. The molecule has 2 N–H and O–H groups in total. The highest BCUT2D eigenvalue weighted by Gasteiger charge is 2.22. The molecule has 0 saturated heterocycles. The van der Waals surface area contributed by atoms with Crippen molar-refractivity contribution in [3.8, 4) is 17.2 Å². The molecule has 0 atom stereocenters. The van der Waals surface area contributed by atoms with Crippen LogP contribution >= 0.6 is 12.2 Å². The van der Waals surface area contributed by atoms with Crippen LogP contribution in [-0.4, -0.2) is 23.1 Å². The molecule has 0 fully saturated rings. The molecule has 6 nitrogen and oxygen atoms in total. The van der Waals surface area contributed by atoms with E-state index in [4.69, 9.17) is 21.4 Å². The lowest BCUT2D eigenvalue weighted by atomic mass is 9.96. The van der Waals surface area contributed by atoms with Gasteiger partial charge < -0.3 is 19.8 Å². The lowest BCUT2D eigenvalue weighted by Gasteiger charge is -2.18. The van der Waals surface area contributed by atoms with Crippen molar-refractivity contribution < 1.29 is 13.9 Å². The van der Waals surface area contributed by atoms with Gasteiger partial charge in [-0.1, -0.05) is 26.8 Å². The number of methoxy groups -OCH3 is 1. The SMILES string of the molecule is COc1ccc2oc(-c3cccc(NC(=S)NC(=O)C(C)(C)C)c3)nc2c1. The van der Waals surface area contributed by atoms with Crippen LogP contribution in [-0.2, 0) is 4.79 Å². The average Bonchev–Trinajstić information content (AvgIpc) is 3.04. The molecule has 2 aromatic carbocycles. The first-order valence-corrected chi connectivity index (χ1v) is 8.84. The summed E-state index contributed by atoms with van der Waals surface area (Å²) in [6, 6.07) is 12.9. The Balaban J connectivity index is 1.79. The van der Waals surface area contributed by atoms with Gasteiger partial charge in [0.1, 0.15) is 11.3 Å². The summed E-state index contributed by atoms with van der Waals surface area (Å²) in [5, 5.41) is 5.95. The molecule has 3 rings (SSSR count). The largest absolute Gasteiger partial charge is 0.497 e. The minimum absolute atomic E-state index is 0.149. The first-order chi connectivity index (χ1) is 12.8. The van der Waals surface area contributed by atoms with Gasteiger partial charge in [0.2, 0.25) is 11.8 Å². The molecule has 0 spiro atoms. The second-order valence-electron chi connectivity index (χ2n) is 7.09. The first kappa shape index (κ1) is 18.8. The molecular formula is C20H21N3O3S. The quantitative estimate of drug-likeness (QED) is 0.655. The number of aromatic nitrogens is 1. The van der Waals surface area contributed by atoms with Crippen LogP contribution in [0, 0.1) is 5.41 Å². The van der Waals surface area contributed by atoms with E-state index in [2.05, 4.69) is 15.6 Å². The van der Waals surface area contributed by atoms with E-state index >= 15 is 0 Å². The monoisotopic (exact) mass is 383 g/mol. The van der Waals surface area contributed by atoms with Crippen LogP contribution in [0.25, 0.3) is 22.6 Å². The second-order valence-corrected chi connectivity index (χ2v) is 7.50. The summed E-state index contributed by atoms with van der Waals surface area (Å²) in [7, 11) is 1.61. The highest BCUT2D eigenvalue weighted by atomic mass is 32.1. The van der Waals surface area contributed by atoms with E-state index in [1.807, 2.05) is 63.2 Å². The Morgan fingerprint density at radius 3 is 2.67 bits per heavy atom. The summed E-state index contributed by atoms with van der Waals surface area (Å²) >= 11 is 5.23. The van der Waals surface area contributed by atoms with E-state index < -0.39 is 5.41 Å². The van der Waals surface area contributed by atoms with Crippen molar-refractivity contribution in [3.05, 3.63) is 42.5 Å². The van der Waals surface area contributed by atoms with Crippen molar-refractivity contribution in [2.75, 3.05) is 12.4 Å². The number of hydrogen-bond donors (Lipinski definition) is 2. The zero-order valence-corrected chi connectivity index (χ0v) is 16.4. The third-order valence-electron chi connectivity index (χ3n) is 3.87. The zero-order chi connectivity index (χ0) is 19.6. The maximum absolute atomic E-state index is 12.0. The number of oxazole rings is 1. The van der Waals surface area contributed by atoms with Gasteiger partial charge in [-0.05, 0) is 42.5 Å². The molecule has 0 bridgehead atoms. The molecule has 140 valence electrons. The molecule has 7 heteroatoms. The van der Waals surface area contributed by atoms with Crippen molar-refractivity contribution in [1.82, 2.24) is 10.3 Å². The van der Waals surface area contributed by atoms with Gasteiger partial charge in [-0.15, -0.1) is 0 Å². The fourth-order valence-corrected chi connectivity index (χ4v) is 2.55. The van der Waals surface area contributed by atoms with E-state index in [0.717, 1.165) is 22.5 Å². The van der Waals surface area contributed by atoms with Gasteiger partial charge in [0.05, 0.1) is 7.11 Å². The number of amides is 1. The minimum atomic E-state index is -0.521. The van der Waals surface area contributed by atoms with Crippen molar-refractivity contribution in [2.45, 2.75) is 20.8 Å². The van der Waals surface area contributed by atoms with Crippen molar-refractivity contribution in [3.63, 3.8) is 0 Å². The molecule has 1 aromatic heterocycles. The van der Waals surface area contributed by atoms with Gasteiger partial charge in [0, 0.05) is 22.7 Å². The highest BCUT2D eigenvalue weighted by Crippen LogP contribution is 2.28. The molecular weight excluding hydrogens is 362 g/mol. The smallest absolute Gasteiger partial charge is 0.231 e. The standard InChI is InChI=1S/C20H21N3O3S/c1-20(2,3)18(24)23-19(27)21-13-7-5-6-12(10-13)17-22-15-11-14(25-4)8-9-16(15)26-17/h5-11H,1-4H3,(H2,21,23,24,27). The Hall–Kier alpha value is -2.93. The molecule has 3 aromatic rings. The van der Waals surface area contributed by atoms with Crippen LogP contribution in [0.4, 0.5) is 5.69 Å². The molecule has 0 aliphatic rings. The number of benzene rings is 2. The Bertz CT molecular complexity index is 1010. The number of nitrogens with zero attached hydrogens (tertiary/aromatic N) is 1. The fourth-order valence-electron chi connectivity index (χ4n) is 2.34. The van der Waals surface area contributed by atoms with Gasteiger partial charge >= 0.3 is 0 Å². The minimum Gasteiger partial charge on any atom is -0.497 e. The van der Waals surface area contributed by atoms with Crippen LogP contribution in [0.2, 0.25) is 0 Å². The molecule has 0 aliphatic heterocycles. The van der Waals surface area contributed by atoms with Crippen LogP contribution < -0.4 is 15.4 Å². The summed E-state index contributed by atoms with van der Waals surface area (Å²) < 4.78 is 11.0. The zero-order valence-electron chi connectivity index (χ0n) is 15.6. The number of carbonyl (C=O) groups excluding carboxylic acids is 1. The molecule has 0 aliphatic carbocycles. The maximum Gasteiger partial charge on any atom is 0.231 e. The van der Waals surface area contributed by atoms with Crippen LogP contribution in [0.1, 0.15) is 20.8 Å². The van der Waals surface area contributed by atoms with Crippen molar-refractivity contribution in [2.24, 2.45) is 5.41 Å². The number of fused-ring (bicyclic) bond motifs is 1. The summed E-state index contributed by atoms with van der Waals surface area (Å²) in [6.45, 7) is 5.48. The van der Waals surface area contributed by atoms with Crippen LogP contribution in [0.3, 0.4) is 0 Å². The number of nitrogens with one attached hydrogen (secondary N) is 2. The third kappa shape index (κ3) is 4.43. The van der Waals surface area contributed by atoms with Gasteiger partial charge in [-0.3, -0.25) is 4.79 Å². The van der Waals surface area contributed by atoms with E-state index in [0.29, 0.717) is 11.5 Å². The second kappa shape index (κ2) is 7.36. The summed E-state index contributed by atoms with van der Waals surface area (Å²) in [4.78, 5) is 16.5. The number of rotatable bonds is 3. The number of carbonyl (C=O) groups is 1. The van der Waals surface area contributed by atoms with Gasteiger partial charge in [0.15, 0.2) is 10.7 Å². The van der Waals surface area contributed by atoms with E-state index in [1.54, 1.807) is 7.11 Å². The number of thiocarbonyl (C=S) groups is 1. The summed E-state index contributed by atoms with van der Waals surface area (Å²) in [5.41, 5.74) is 2.40. The predicted molar refractivity (Wildman–Crippen MR) is 110 cm³/mol. The lowest BCUT2D eigenvalue weighted by Crippen LogP contribution is -2.41. The summed E-state index contributed by atoms with van der Waals surface area (Å²) in [6.07, 6.45) is 0. The molecule has 0 unspecified atom stereocenters. The number of ether oxygens (including phenoxy) is 1. The average molecular weight is 383 g/mol. The number of hydrogen-bond acceptors (Lipinski definition) is 5. The first-order valence-electron chi connectivity index (χ1n) is 8.44. The maximum atomic E-state index is 12.0. The van der Waals surface area contributed by atoms with Crippen molar-refractivity contribution in [1.29, 1.82) is 0 Å². The van der Waals surface area contributed by atoms with Crippen molar-refractivity contribution >= 4 is 40.0 Å². The van der Waals surface area contributed by atoms with E-state index in [-0.39, 0.29) is 11.0 Å². The van der Waals surface area contributed by atoms with E-state index in [1.165, 1.54) is 0 Å². The normalized spacial score (nSPS) is 11.3. The lowest BCUT2D eigenvalue weighted by molar-refractivity contribution is -0.126. The molecule has 0 radical (unpaired) electrons. The van der Waals surface area contributed by atoms with E-state index in [9.17, 15) is 4.79 Å². The topological polar surface area (TPSA) is 76.4 Å². The van der Waals surface area contributed by atoms with Gasteiger partial charge in [0.25, 0.3) is 0 Å². The van der Waals surface area contributed by atoms with Crippen LogP contribution in [0.5, 0.6) is 5.75 Å². The Labute approximate surface area is 162 Å². The predicted octanol–water partition coefficient (Wildman–Crippen LogP) is 4.36. The van der Waals surface area contributed by atoms with Crippen LogP contribution in [0.15, 0.2) is 46.9 Å². The molecule has 27 heavy (non-hydrogen) atoms. The van der Waals surface area contributed by atoms with Gasteiger partial charge in [-0.2, -0.15) is 0 Å². The third-order valence-corrected chi connectivity index (χ3v) is 4.07. The Morgan fingerprint density at radius 2 is 1.96 bits per heavy atom. The highest BCUT2D eigenvalue weighted by molar-refractivity contribution is 7.80. The summed E-state index contributed by atoms with van der Waals surface area (Å²) in [5.74, 6) is 1.06. The number of anilines is 1. The van der Waals surface area contributed by atoms with Gasteiger partial charge in [-0.25, -0.2) is 4.98 Å². The molecule has 1 amide bonds. The molecule has 1 heterocycles. The molecule has 0 saturated carbocycles.